The summed E-state index contributed by atoms with van der Waals surface area (Å²) in [4.78, 5) is 23.0. The molecule has 0 fully saturated rings. The highest BCUT2D eigenvalue weighted by Crippen LogP contribution is 1.96. The van der Waals surface area contributed by atoms with Crippen LogP contribution in [0.25, 0.3) is 0 Å². The lowest BCUT2D eigenvalue weighted by Crippen LogP contribution is -2.39. The third-order valence-corrected chi connectivity index (χ3v) is 1.79. The minimum Gasteiger partial charge on any atom is -0.334 e. The Morgan fingerprint density at radius 1 is 1.50 bits per heavy atom. The summed E-state index contributed by atoms with van der Waals surface area (Å²) in [5, 5.41) is 2.55. The summed E-state index contributed by atoms with van der Waals surface area (Å²) in [6, 6.07) is -0.351. The first-order chi connectivity index (χ1) is 6.76. The predicted molar refractivity (Wildman–Crippen MR) is 55.9 cm³/mol. The van der Waals surface area contributed by atoms with Crippen LogP contribution in [0.2, 0.25) is 0 Å². The molecule has 80 valence electrons. The number of hydrogen-bond acceptors (Lipinski definition) is 2. The predicted octanol–water partition coefficient (Wildman–Crippen LogP) is 1.53. The molecule has 0 aliphatic carbocycles. The highest BCUT2D eigenvalue weighted by atomic mass is 16.2. The lowest BCUT2D eigenvalue weighted by molar-refractivity contribution is -0.115. The average molecular weight is 198 g/mol. The molecule has 0 unspecified atom stereocenters. The Kier molecular flexibility index (Phi) is 7.50. The minimum absolute atomic E-state index is 0.351. The van der Waals surface area contributed by atoms with Crippen LogP contribution in [0.1, 0.15) is 26.2 Å². The molecule has 0 radical (unpaired) electrons. The van der Waals surface area contributed by atoms with Gasteiger partial charge in [-0.25, -0.2) is 4.79 Å². The van der Waals surface area contributed by atoms with Crippen molar-refractivity contribution in [3.05, 3.63) is 12.7 Å². The van der Waals surface area contributed by atoms with E-state index in [1.54, 1.807) is 6.08 Å². The molecule has 0 saturated carbocycles. The first-order valence-corrected chi connectivity index (χ1v) is 4.87. The van der Waals surface area contributed by atoms with E-state index in [4.69, 9.17) is 0 Å². The van der Waals surface area contributed by atoms with Crippen LogP contribution < -0.4 is 5.32 Å². The van der Waals surface area contributed by atoms with Crippen LogP contribution in [-0.4, -0.2) is 30.4 Å². The van der Waals surface area contributed by atoms with Crippen LogP contribution >= 0.6 is 0 Å². The fraction of sp³-hybridized carbons (Fsp3) is 0.600. The third kappa shape index (κ3) is 5.35. The summed E-state index contributed by atoms with van der Waals surface area (Å²) >= 11 is 0. The fourth-order valence-corrected chi connectivity index (χ4v) is 0.995. The topological polar surface area (TPSA) is 49.4 Å². The van der Waals surface area contributed by atoms with Gasteiger partial charge in [0, 0.05) is 13.1 Å². The number of hydrogen-bond donors (Lipinski definition) is 1. The normalized spacial score (nSPS) is 9.21. The molecule has 0 aromatic carbocycles. The second-order valence-electron chi connectivity index (χ2n) is 2.98. The molecule has 0 bridgehead atoms. The van der Waals surface area contributed by atoms with Gasteiger partial charge in [-0.1, -0.05) is 25.8 Å². The van der Waals surface area contributed by atoms with Crippen LogP contribution in [-0.2, 0) is 4.79 Å². The Hall–Kier alpha value is -1.32. The van der Waals surface area contributed by atoms with Gasteiger partial charge in [-0.2, -0.15) is 0 Å². The smallest absolute Gasteiger partial charge is 0.324 e. The molecule has 0 atom stereocenters. The monoisotopic (exact) mass is 198 g/mol. The maximum atomic E-state index is 11.3. The van der Waals surface area contributed by atoms with Crippen LogP contribution in [0.4, 0.5) is 4.79 Å². The minimum atomic E-state index is -0.351. The Labute approximate surface area is 85.0 Å². The van der Waals surface area contributed by atoms with E-state index in [-0.39, 0.29) is 6.03 Å². The number of urea groups is 1. The number of carbonyl (C=O) groups excluding carboxylic acids is 2. The van der Waals surface area contributed by atoms with E-state index in [2.05, 4.69) is 18.8 Å². The number of nitrogens with one attached hydrogen (secondary N) is 1. The van der Waals surface area contributed by atoms with Gasteiger partial charge in [0.2, 0.25) is 6.41 Å². The molecule has 0 saturated heterocycles. The lowest BCUT2D eigenvalue weighted by atomic mass is 10.2. The highest BCUT2D eigenvalue weighted by molar-refractivity contribution is 5.84. The molecular formula is C10H18N2O2. The quantitative estimate of drug-likeness (QED) is 0.383. The average Bonchev–Trinajstić information content (AvgIpc) is 2.21. The van der Waals surface area contributed by atoms with Gasteiger partial charge in [0.25, 0.3) is 0 Å². The molecule has 0 aromatic rings. The SMILES string of the molecule is C=CCNC(=O)N(C=O)CCCCC. The van der Waals surface area contributed by atoms with Crippen molar-refractivity contribution in [1.29, 1.82) is 0 Å². The number of nitrogens with zero attached hydrogens (tertiary/aromatic N) is 1. The number of rotatable bonds is 7. The second-order valence-corrected chi connectivity index (χ2v) is 2.98. The molecule has 0 aliphatic rings. The van der Waals surface area contributed by atoms with E-state index in [1.807, 2.05) is 0 Å². The van der Waals surface area contributed by atoms with Gasteiger partial charge in [0.05, 0.1) is 0 Å². The molecule has 0 aliphatic heterocycles. The Morgan fingerprint density at radius 2 is 2.21 bits per heavy atom. The maximum absolute atomic E-state index is 11.3. The van der Waals surface area contributed by atoms with Crippen LogP contribution in [0.5, 0.6) is 0 Å². The highest BCUT2D eigenvalue weighted by Gasteiger charge is 2.09. The summed E-state index contributed by atoms with van der Waals surface area (Å²) in [5.41, 5.74) is 0. The van der Waals surface area contributed by atoms with Gasteiger partial charge >= 0.3 is 6.03 Å². The van der Waals surface area contributed by atoms with E-state index >= 15 is 0 Å². The molecule has 3 amide bonds. The van der Waals surface area contributed by atoms with Crippen molar-refractivity contribution < 1.29 is 9.59 Å². The number of carbonyl (C=O) groups is 2. The van der Waals surface area contributed by atoms with Crippen molar-refractivity contribution >= 4 is 12.4 Å². The first kappa shape index (κ1) is 12.7. The standard InChI is InChI=1S/C10H18N2O2/c1-3-5-6-8-12(9-13)10(14)11-7-4-2/h4,9H,2-3,5-8H2,1H3,(H,11,14). The van der Waals surface area contributed by atoms with Crippen molar-refractivity contribution in [1.82, 2.24) is 10.2 Å². The van der Waals surface area contributed by atoms with E-state index in [0.717, 1.165) is 24.2 Å². The van der Waals surface area contributed by atoms with Crippen molar-refractivity contribution in [2.45, 2.75) is 26.2 Å². The molecule has 4 heteroatoms. The zero-order chi connectivity index (χ0) is 10.8. The Balaban J connectivity index is 3.80. The van der Waals surface area contributed by atoms with Crippen LogP contribution in [0.15, 0.2) is 12.7 Å². The molecule has 0 spiro atoms. The van der Waals surface area contributed by atoms with Crippen molar-refractivity contribution in [2.24, 2.45) is 0 Å². The zero-order valence-electron chi connectivity index (χ0n) is 8.66. The number of unbranched alkanes of at least 4 members (excludes halogenated alkanes) is 2. The molecular weight excluding hydrogens is 180 g/mol. The van der Waals surface area contributed by atoms with Gasteiger partial charge in [-0.3, -0.25) is 9.69 Å². The van der Waals surface area contributed by atoms with Gasteiger partial charge in [0.1, 0.15) is 0 Å². The van der Waals surface area contributed by atoms with Gasteiger partial charge in [-0.15, -0.1) is 6.58 Å². The number of amides is 3. The molecule has 4 nitrogen and oxygen atoms in total. The van der Waals surface area contributed by atoms with Crippen molar-refractivity contribution in [2.75, 3.05) is 13.1 Å². The molecule has 1 N–H and O–H groups in total. The fourth-order valence-electron chi connectivity index (χ4n) is 0.995. The van der Waals surface area contributed by atoms with Crippen LogP contribution in [0.3, 0.4) is 0 Å². The Bertz CT molecular complexity index is 193. The molecule has 14 heavy (non-hydrogen) atoms. The first-order valence-electron chi connectivity index (χ1n) is 4.87. The zero-order valence-corrected chi connectivity index (χ0v) is 8.66. The van der Waals surface area contributed by atoms with E-state index in [0.29, 0.717) is 19.5 Å². The second kappa shape index (κ2) is 8.29. The summed E-state index contributed by atoms with van der Waals surface area (Å²) in [6.45, 7) is 6.42. The summed E-state index contributed by atoms with van der Waals surface area (Å²) < 4.78 is 0. The van der Waals surface area contributed by atoms with Crippen molar-refractivity contribution in [3.8, 4) is 0 Å². The third-order valence-electron chi connectivity index (χ3n) is 1.79. The molecule has 0 aromatic heterocycles. The maximum Gasteiger partial charge on any atom is 0.324 e. The summed E-state index contributed by atoms with van der Waals surface area (Å²) in [6.07, 6.45) is 5.10. The Morgan fingerprint density at radius 3 is 2.71 bits per heavy atom. The van der Waals surface area contributed by atoms with Gasteiger partial charge in [-0.05, 0) is 6.42 Å². The van der Waals surface area contributed by atoms with E-state index < -0.39 is 0 Å². The number of imide groups is 1. The molecule has 0 heterocycles. The molecule has 0 rings (SSSR count). The van der Waals surface area contributed by atoms with E-state index in [1.165, 1.54) is 0 Å². The summed E-state index contributed by atoms with van der Waals surface area (Å²) in [5.74, 6) is 0. The van der Waals surface area contributed by atoms with Crippen LogP contribution in [0, 0.1) is 0 Å². The van der Waals surface area contributed by atoms with Gasteiger partial charge in [0.15, 0.2) is 0 Å². The van der Waals surface area contributed by atoms with E-state index in [9.17, 15) is 9.59 Å². The van der Waals surface area contributed by atoms with Crippen molar-refractivity contribution in [3.63, 3.8) is 0 Å². The summed E-state index contributed by atoms with van der Waals surface area (Å²) in [7, 11) is 0. The van der Waals surface area contributed by atoms with Gasteiger partial charge < -0.3 is 5.32 Å². The largest absolute Gasteiger partial charge is 0.334 e. The lowest BCUT2D eigenvalue weighted by Gasteiger charge is -2.15.